The molecule has 1 N–H and O–H groups in total. The summed E-state index contributed by atoms with van der Waals surface area (Å²) in [7, 11) is 0. The van der Waals surface area contributed by atoms with Crippen molar-refractivity contribution in [2.24, 2.45) is 0 Å². The van der Waals surface area contributed by atoms with Gasteiger partial charge in [0, 0.05) is 6.54 Å². The molecule has 106 valence electrons. The van der Waals surface area contributed by atoms with E-state index in [1.807, 2.05) is 24.3 Å². The normalized spacial score (nSPS) is 10.6. The van der Waals surface area contributed by atoms with Gasteiger partial charge >= 0.3 is 0 Å². The molecule has 20 heavy (non-hydrogen) atoms. The molecule has 0 amide bonds. The van der Waals surface area contributed by atoms with Crippen LogP contribution in [0.25, 0.3) is 0 Å². The Morgan fingerprint density at radius 1 is 1.05 bits per heavy atom. The number of halogens is 4. The van der Waals surface area contributed by atoms with Gasteiger partial charge in [-0.3, -0.25) is 0 Å². The fourth-order valence-corrected chi connectivity index (χ4v) is 2.15. The van der Waals surface area contributed by atoms with Gasteiger partial charge in [-0.1, -0.05) is 46.9 Å². The summed E-state index contributed by atoms with van der Waals surface area (Å²) in [6.45, 7) is 0.696. The Labute approximate surface area is 136 Å². The molecular weight excluding hydrogens is 342 g/mol. The van der Waals surface area contributed by atoms with Gasteiger partial charge in [-0.25, -0.2) is 4.84 Å². The molecule has 0 aliphatic carbocycles. The first-order valence-corrected chi connectivity index (χ1v) is 7.23. The van der Waals surface area contributed by atoms with Crippen molar-refractivity contribution in [1.29, 1.82) is 0 Å². The minimum absolute atomic E-state index is 0.149. The summed E-state index contributed by atoms with van der Waals surface area (Å²) in [4.78, 5) is 6.57. The molecule has 0 bridgehead atoms. The van der Waals surface area contributed by atoms with Crippen molar-refractivity contribution in [3.63, 3.8) is 0 Å². The van der Waals surface area contributed by atoms with Crippen molar-refractivity contribution in [3.05, 3.63) is 51.1 Å². The van der Waals surface area contributed by atoms with Crippen LogP contribution in [0.1, 0.15) is 5.56 Å². The first-order chi connectivity index (χ1) is 9.60. The van der Waals surface area contributed by atoms with Crippen molar-refractivity contribution in [1.82, 2.24) is 9.82 Å². The number of aromatic nitrogens is 1. The molecule has 7 heteroatoms. The molecule has 0 spiro atoms. The number of benzene rings is 1. The molecule has 0 fully saturated rings. The summed E-state index contributed by atoms with van der Waals surface area (Å²) in [6.07, 6.45) is 0.829. The molecule has 1 aromatic carbocycles. The van der Waals surface area contributed by atoms with E-state index in [1.165, 1.54) is 6.07 Å². The van der Waals surface area contributed by atoms with Crippen molar-refractivity contribution < 1.29 is 4.74 Å². The lowest BCUT2D eigenvalue weighted by atomic mass is 10.1. The van der Waals surface area contributed by atoms with Crippen LogP contribution in [0.4, 0.5) is 0 Å². The topological polar surface area (TPSA) is 34.1 Å². The van der Waals surface area contributed by atoms with E-state index in [0.717, 1.165) is 12.0 Å². The monoisotopic (exact) mass is 350 g/mol. The molecule has 0 radical (unpaired) electrons. The van der Waals surface area contributed by atoms with Crippen LogP contribution in [0.3, 0.4) is 0 Å². The number of pyridine rings is 1. The van der Waals surface area contributed by atoms with E-state index in [0.29, 0.717) is 17.3 Å². The highest BCUT2D eigenvalue weighted by atomic mass is 35.5. The van der Waals surface area contributed by atoms with E-state index in [4.69, 9.17) is 51.3 Å². The van der Waals surface area contributed by atoms with Crippen LogP contribution in [0.5, 0.6) is 11.6 Å². The summed E-state index contributed by atoms with van der Waals surface area (Å²) in [5, 5.41) is 0.735. The Morgan fingerprint density at radius 2 is 1.75 bits per heavy atom. The third-order valence-corrected chi connectivity index (χ3v) is 3.63. The zero-order valence-corrected chi connectivity index (χ0v) is 13.2. The number of hydrogen-bond donors (Lipinski definition) is 1. The lowest BCUT2D eigenvalue weighted by molar-refractivity contribution is 0.463. The molecule has 2 aromatic rings. The van der Waals surface area contributed by atoms with Crippen LogP contribution in [0.15, 0.2) is 30.3 Å². The van der Waals surface area contributed by atoms with Crippen molar-refractivity contribution in [3.8, 4) is 11.6 Å². The molecule has 0 atom stereocenters. The highest BCUT2D eigenvalue weighted by molar-refractivity contribution is 6.42. The first kappa shape index (κ1) is 15.7. The lowest BCUT2D eigenvalue weighted by Gasteiger charge is -2.08. The van der Waals surface area contributed by atoms with E-state index in [-0.39, 0.29) is 16.1 Å². The zero-order chi connectivity index (χ0) is 14.5. The first-order valence-electron chi connectivity index (χ1n) is 5.72. The highest BCUT2D eigenvalue weighted by Gasteiger charge is 2.10. The molecule has 1 aromatic heterocycles. The van der Waals surface area contributed by atoms with Crippen molar-refractivity contribution in [2.45, 2.75) is 6.42 Å². The van der Waals surface area contributed by atoms with Crippen LogP contribution < -0.4 is 9.57 Å². The van der Waals surface area contributed by atoms with Gasteiger partial charge in [-0.05, 0) is 42.0 Å². The van der Waals surface area contributed by atoms with Gasteiger partial charge in [0.2, 0.25) is 5.88 Å². The second-order valence-corrected chi connectivity index (χ2v) is 5.37. The van der Waals surface area contributed by atoms with E-state index in [2.05, 4.69) is 9.82 Å². The quantitative estimate of drug-likeness (QED) is 0.599. The van der Waals surface area contributed by atoms with E-state index >= 15 is 0 Å². The van der Waals surface area contributed by atoms with E-state index in [9.17, 15) is 0 Å². The summed E-state index contributed by atoms with van der Waals surface area (Å²) < 4.78 is 5.58. The molecule has 0 saturated heterocycles. The molecular formula is C13H10Cl4N2O. The minimum atomic E-state index is 0.149. The van der Waals surface area contributed by atoms with Gasteiger partial charge in [-0.2, -0.15) is 4.98 Å². The number of ether oxygens (including phenoxy) is 1. The third-order valence-electron chi connectivity index (χ3n) is 2.50. The van der Waals surface area contributed by atoms with Crippen LogP contribution in [0, 0.1) is 0 Å². The Morgan fingerprint density at radius 3 is 2.40 bits per heavy atom. The smallest absolute Gasteiger partial charge is 0.239 e. The lowest BCUT2D eigenvalue weighted by Crippen LogP contribution is -2.04. The Hall–Kier alpha value is -0.710. The maximum absolute atomic E-state index is 6.00. The Kier molecular flexibility index (Phi) is 5.75. The molecule has 0 aliphatic heterocycles. The highest BCUT2D eigenvalue weighted by Crippen LogP contribution is 2.33. The number of rotatable bonds is 5. The predicted molar refractivity (Wildman–Crippen MR) is 83.3 cm³/mol. The van der Waals surface area contributed by atoms with Crippen molar-refractivity contribution in [2.75, 3.05) is 6.54 Å². The van der Waals surface area contributed by atoms with Gasteiger partial charge in [0.15, 0.2) is 5.15 Å². The fourth-order valence-electron chi connectivity index (χ4n) is 1.53. The van der Waals surface area contributed by atoms with Crippen LogP contribution in [-0.2, 0) is 6.42 Å². The number of hydrogen-bond acceptors (Lipinski definition) is 3. The van der Waals surface area contributed by atoms with Gasteiger partial charge in [0.05, 0.1) is 5.02 Å². The third kappa shape index (κ3) is 4.14. The molecule has 1 heterocycles. The van der Waals surface area contributed by atoms with Crippen LogP contribution >= 0.6 is 46.6 Å². The average Bonchev–Trinajstić information content (AvgIpc) is 2.44. The predicted octanol–water partition coefficient (Wildman–Crippen LogP) is 5.12. The van der Waals surface area contributed by atoms with Gasteiger partial charge in [0.25, 0.3) is 0 Å². The Bertz CT molecular complexity index is 590. The maximum atomic E-state index is 6.00. The van der Waals surface area contributed by atoms with E-state index in [1.54, 1.807) is 0 Å². The second kappa shape index (κ2) is 7.34. The van der Waals surface area contributed by atoms with Gasteiger partial charge in [-0.15, -0.1) is 0 Å². The molecule has 3 nitrogen and oxygen atoms in total. The van der Waals surface area contributed by atoms with Crippen LogP contribution in [0.2, 0.25) is 15.2 Å². The van der Waals surface area contributed by atoms with Crippen molar-refractivity contribution >= 4 is 46.6 Å². The fraction of sp³-hybridized carbons (Fsp3) is 0.154. The molecule has 0 saturated carbocycles. The SMILES string of the molecule is ClNCCc1ccc(Oc2nc(Cl)c(Cl)cc2Cl)cc1. The summed E-state index contributed by atoms with van der Waals surface area (Å²) >= 11 is 23.1. The zero-order valence-electron chi connectivity index (χ0n) is 10.2. The second-order valence-electron chi connectivity index (χ2n) is 3.93. The average molecular weight is 352 g/mol. The largest absolute Gasteiger partial charge is 0.437 e. The van der Waals surface area contributed by atoms with E-state index < -0.39 is 0 Å². The van der Waals surface area contributed by atoms with Gasteiger partial charge < -0.3 is 4.74 Å². The van der Waals surface area contributed by atoms with Crippen LogP contribution in [-0.4, -0.2) is 11.5 Å². The number of nitrogens with zero attached hydrogens (tertiary/aromatic N) is 1. The summed E-state index contributed by atoms with van der Waals surface area (Å²) in [6, 6.07) is 9.02. The minimum Gasteiger partial charge on any atom is -0.437 e. The summed E-state index contributed by atoms with van der Waals surface area (Å²) in [5.74, 6) is 0.830. The Balaban J connectivity index is 2.12. The number of nitrogens with one attached hydrogen (secondary N) is 1. The molecule has 0 unspecified atom stereocenters. The molecule has 0 aliphatic rings. The summed E-state index contributed by atoms with van der Waals surface area (Å²) in [5.41, 5.74) is 1.14. The maximum Gasteiger partial charge on any atom is 0.239 e. The molecule has 2 rings (SSSR count). The van der Waals surface area contributed by atoms with Gasteiger partial charge in [0.1, 0.15) is 10.8 Å². The standard InChI is InChI=1S/C13H10Cl4N2O/c14-10-7-11(15)13(19-12(10)16)20-9-3-1-8(2-4-9)5-6-18-17/h1-4,7,18H,5-6H2.